The molecule has 2 aromatic heterocycles. The number of oxazole rings is 1. The van der Waals surface area contributed by atoms with Gasteiger partial charge in [-0.15, -0.1) is 11.3 Å². The molecule has 1 aliphatic rings. The second-order valence-corrected chi connectivity index (χ2v) is 10.8. The lowest BCUT2D eigenvalue weighted by atomic mass is 10.1. The van der Waals surface area contributed by atoms with E-state index in [9.17, 15) is 13.2 Å². The highest BCUT2D eigenvalue weighted by molar-refractivity contribution is 7.91. The number of benzene rings is 2. The monoisotopic (exact) mass is 493 g/mol. The van der Waals surface area contributed by atoms with Crippen LogP contribution in [-0.2, 0) is 9.84 Å². The molecule has 1 fully saturated rings. The molecule has 0 N–H and O–H groups in total. The Balaban J connectivity index is 1.50. The number of carbonyl (C=O) groups excluding carboxylic acids is 1. The SMILES string of the molecule is Cc1ccccc1-c1nc(S(=O)(=O)c2ccccc2)c(N2CCN(C(=O)c3cccs3)CC2)o1. The third-order valence-corrected chi connectivity index (χ3v) is 8.37. The van der Waals surface area contributed by atoms with Crippen molar-refractivity contribution >= 4 is 33.0 Å². The summed E-state index contributed by atoms with van der Waals surface area (Å²) in [6.45, 7) is 3.73. The first-order valence-electron chi connectivity index (χ1n) is 10.9. The largest absolute Gasteiger partial charge is 0.419 e. The Bertz CT molecular complexity index is 1410. The molecule has 0 unspecified atom stereocenters. The van der Waals surface area contributed by atoms with Crippen LogP contribution in [0.4, 0.5) is 5.88 Å². The number of amides is 1. The zero-order valence-corrected chi connectivity index (χ0v) is 20.2. The molecule has 9 heteroatoms. The van der Waals surface area contributed by atoms with Crippen LogP contribution >= 0.6 is 11.3 Å². The van der Waals surface area contributed by atoms with Gasteiger partial charge in [0.05, 0.1) is 9.77 Å². The molecule has 174 valence electrons. The third-order valence-electron chi connectivity index (χ3n) is 5.85. The highest BCUT2D eigenvalue weighted by Crippen LogP contribution is 2.36. The van der Waals surface area contributed by atoms with E-state index in [4.69, 9.17) is 4.42 Å². The predicted octanol–water partition coefficient (Wildman–Crippen LogP) is 4.51. The van der Waals surface area contributed by atoms with Crippen LogP contribution in [0, 0.1) is 6.92 Å². The van der Waals surface area contributed by atoms with Crippen LogP contribution in [0.5, 0.6) is 0 Å². The summed E-state index contributed by atoms with van der Waals surface area (Å²) in [5.74, 6) is 0.468. The number of hydrogen-bond donors (Lipinski definition) is 0. The molecule has 7 nitrogen and oxygen atoms in total. The number of aromatic nitrogens is 1. The van der Waals surface area contributed by atoms with Crippen LogP contribution in [0.1, 0.15) is 15.2 Å². The van der Waals surface area contributed by atoms with Gasteiger partial charge in [-0.3, -0.25) is 4.79 Å². The number of hydrogen-bond acceptors (Lipinski definition) is 7. The van der Waals surface area contributed by atoms with Crippen molar-refractivity contribution in [3.05, 3.63) is 82.6 Å². The number of thiophene rings is 1. The van der Waals surface area contributed by atoms with E-state index in [1.807, 2.05) is 53.6 Å². The quantitative estimate of drug-likeness (QED) is 0.407. The summed E-state index contributed by atoms with van der Waals surface area (Å²) < 4.78 is 33.2. The molecular formula is C25H23N3O4S2. The third kappa shape index (κ3) is 4.12. The van der Waals surface area contributed by atoms with Crippen molar-refractivity contribution < 1.29 is 17.6 Å². The van der Waals surface area contributed by atoms with Gasteiger partial charge in [0.2, 0.25) is 26.6 Å². The first-order chi connectivity index (χ1) is 16.4. The summed E-state index contributed by atoms with van der Waals surface area (Å²) in [5, 5.41) is 1.78. The first kappa shape index (κ1) is 22.4. The zero-order chi connectivity index (χ0) is 23.7. The van der Waals surface area contributed by atoms with E-state index < -0.39 is 9.84 Å². The van der Waals surface area contributed by atoms with Crippen molar-refractivity contribution in [2.45, 2.75) is 16.8 Å². The number of anilines is 1. The van der Waals surface area contributed by atoms with Gasteiger partial charge < -0.3 is 14.2 Å². The molecule has 0 atom stereocenters. The fourth-order valence-corrected chi connectivity index (χ4v) is 6.01. The normalized spacial score (nSPS) is 14.4. The fourth-order valence-electron chi connectivity index (χ4n) is 3.98. The van der Waals surface area contributed by atoms with Crippen molar-refractivity contribution in [3.8, 4) is 11.5 Å². The van der Waals surface area contributed by atoms with Gasteiger partial charge in [-0.2, -0.15) is 4.98 Å². The number of aryl methyl sites for hydroxylation is 1. The summed E-state index contributed by atoms with van der Waals surface area (Å²) >= 11 is 1.41. The molecule has 0 saturated carbocycles. The van der Waals surface area contributed by atoms with Crippen molar-refractivity contribution in [2.24, 2.45) is 0 Å². The van der Waals surface area contributed by atoms with Crippen molar-refractivity contribution in [1.29, 1.82) is 0 Å². The average Bonchev–Trinajstić information content (AvgIpc) is 3.56. The highest BCUT2D eigenvalue weighted by Gasteiger charge is 2.33. The molecule has 2 aromatic carbocycles. The van der Waals surface area contributed by atoms with E-state index in [1.54, 1.807) is 35.2 Å². The number of piperazine rings is 1. The van der Waals surface area contributed by atoms with E-state index in [0.717, 1.165) is 11.1 Å². The van der Waals surface area contributed by atoms with Gasteiger partial charge in [0.25, 0.3) is 5.91 Å². The van der Waals surface area contributed by atoms with Crippen molar-refractivity contribution in [1.82, 2.24) is 9.88 Å². The molecule has 3 heterocycles. The van der Waals surface area contributed by atoms with E-state index in [2.05, 4.69) is 4.98 Å². The van der Waals surface area contributed by atoms with Crippen LogP contribution in [0.25, 0.3) is 11.5 Å². The lowest BCUT2D eigenvalue weighted by molar-refractivity contribution is 0.0750. The number of carbonyl (C=O) groups is 1. The van der Waals surface area contributed by atoms with Gasteiger partial charge in [-0.05, 0) is 42.1 Å². The smallest absolute Gasteiger partial charge is 0.264 e. The Morgan fingerprint density at radius 1 is 0.941 bits per heavy atom. The topological polar surface area (TPSA) is 83.7 Å². The van der Waals surface area contributed by atoms with E-state index >= 15 is 0 Å². The zero-order valence-electron chi connectivity index (χ0n) is 18.5. The van der Waals surface area contributed by atoms with Crippen molar-refractivity contribution in [2.75, 3.05) is 31.1 Å². The lowest BCUT2D eigenvalue weighted by Crippen LogP contribution is -2.48. The molecule has 1 aliphatic heterocycles. The standard InChI is InChI=1S/C25H23N3O4S2/c1-18-8-5-6-11-20(18)22-26-23(34(30,31)19-9-3-2-4-10-19)25(32-22)28-15-13-27(14-16-28)24(29)21-12-7-17-33-21/h2-12,17H,13-16H2,1H3. The van der Waals surface area contributed by atoms with Crippen LogP contribution < -0.4 is 4.90 Å². The Morgan fingerprint density at radius 2 is 1.65 bits per heavy atom. The molecule has 0 aliphatic carbocycles. The minimum Gasteiger partial charge on any atom is -0.419 e. The minimum absolute atomic E-state index is 0.00931. The van der Waals surface area contributed by atoms with Gasteiger partial charge in [-0.1, -0.05) is 42.5 Å². The van der Waals surface area contributed by atoms with E-state index in [-0.39, 0.29) is 27.6 Å². The second kappa shape index (κ2) is 9.08. The van der Waals surface area contributed by atoms with E-state index in [0.29, 0.717) is 31.1 Å². The summed E-state index contributed by atoms with van der Waals surface area (Å²) in [4.78, 5) is 21.7. The van der Waals surface area contributed by atoms with Gasteiger partial charge in [0.1, 0.15) is 0 Å². The molecule has 34 heavy (non-hydrogen) atoms. The maximum Gasteiger partial charge on any atom is 0.264 e. The Labute approximate surface area is 202 Å². The molecule has 1 amide bonds. The maximum atomic E-state index is 13.5. The summed E-state index contributed by atoms with van der Waals surface area (Å²) in [6, 6.07) is 19.5. The number of sulfone groups is 1. The molecule has 0 radical (unpaired) electrons. The Kier molecular flexibility index (Phi) is 5.97. The Hall–Kier alpha value is -3.43. The van der Waals surface area contributed by atoms with Gasteiger partial charge in [0.15, 0.2) is 0 Å². The van der Waals surface area contributed by atoms with Gasteiger partial charge in [0, 0.05) is 31.7 Å². The van der Waals surface area contributed by atoms with Crippen molar-refractivity contribution in [3.63, 3.8) is 0 Å². The fraction of sp³-hybridized carbons (Fsp3) is 0.200. The molecule has 5 rings (SSSR count). The first-order valence-corrected chi connectivity index (χ1v) is 13.3. The Morgan fingerprint density at radius 3 is 2.32 bits per heavy atom. The summed E-state index contributed by atoms with van der Waals surface area (Å²) in [7, 11) is -3.91. The lowest BCUT2D eigenvalue weighted by Gasteiger charge is -2.34. The molecule has 0 spiro atoms. The maximum absolute atomic E-state index is 13.5. The predicted molar refractivity (Wildman–Crippen MR) is 131 cm³/mol. The second-order valence-electron chi connectivity index (χ2n) is 8.02. The molecular weight excluding hydrogens is 470 g/mol. The summed E-state index contributed by atoms with van der Waals surface area (Å²) in [5.41, 5.74) is 1.68. The van der Waals surface area contributed by atoms with Gasteiger partial charge in [-0.25, -0.2) is 8.42 Å². The van der Waals surface area contributed by atoms with Crippen LogP contribution in [0.3, 0.4) is 0 Å². The van der Waals surface area contributed by atoms with Gasteiger partial charge >= 0.3 is 0 Å². The molecule has 0 bridgehead atoms. The minimum atomic E-state index is -3.91. The van der Waals surface area contributed by atoms with Crippen LogP contribution in [0.2, 0.25) is 0 Å². The summed E-state index contributed by atoms with van der Waals surface area (Å²) in [6.07, 6.45) is 0. The molecule has 4 aromatic rings. The number of rotatable bonds is 5. The van der Waals surface area contributed by atoms with Crippen LogP contribution in [0.15, 0.2) is 86.4 Å². The average molecular weight is 494 g/mol. The van der Waals surface area contributed by atoms with E-state index in [1.165, 1.54) is 11.3 Å². The molecule has 1 saturated heterocycles. The number of nitrogens with zero attached hydrogens (tertiary/aromatic N) is 3. The van der Waals surface area contributed by atoms with Crippen LogP contribution in [-0.4, -0.2) is 50.4 Å². The highest BCUT2D eigenvalue weighted by atomic mass is 32.2.